The molecular weight excluding hydrogens is 217 g/mol. The summed E-state index contributed by atoms with van der Waals surface area (Å²) in [5, 5.41) is 8.81. The van der Waals surface area contributed by atoms with Crippen LogP contribution in [0.1, 0.15) is 26.7 Å². The summed E-state index contributed by atoms with van der Waals surface area (Å²) in [7, 11) is 0. The summed E-state index contributed by atoms with van der Waals surface area (Å²) in [6.45, 7) is 5.29. The zero-order chi connectivity index (χ0) is 12.3. The van der Waals surface area contributed by atoms with Crippen molar-refractivity contribution >= 4 is 6.71 Å². The normalized spacial score (nSPS) is 29.2. The second kappa shape index (κ2) is 5.39. The molecule has 5 heteroatoms. The molecule has 17 heavy (non-hydrogen) atoms. The highest BCUT2D eigenvalue weighted by molar-refractivity contribution is 6.67. The summed E-state index contributed by atoms with van der Waals surface area (Å²) in [5.41, 5.74) is 0. The van der Waals surface area contributed by atoms with Crippen LogP contribution >= 0.6 is 0 Å². The fourth-order valence-corrected chi connectivity index (χ4v) is 2.45. The maximum atomic E-state index is 8.81. The maximum absolute atomic E-state index is 8.81. The standard InChI is InChI=1S/C12H20BNO3/c1-12(2)16-8-11(17-12)7-15-10-3-5-13(9-14)6-4-10/h10-11H,3-8H2,1-2H3. The van der Waals surface area contributed by atoms with E-state index < -0.39 is 5.79 Å². The van der Waals surface area contributed by atoms with E-state index in [0.29, 0.717) is 19.3 Å². The molecule has 94 valence electrons. The third kappa shape index (κ3) is 3.70. The highest BCUT2D eigenvalue weighted by Crippen LogP contribution is 2.25. The molecule has 0 aromatic heterocycles. The zero-order valence-electron chi connectivity index (χ0n) is 10.6. The number of hydrogen-bond acceptors (Lipinski definition) is 4. The minimum absolute atomic E-state index is 0.0543. The van der Waals surface area contributed by atoms with Crippen molar-refractivity contribution in [2.75, 3.05) is 13.2 Å². The van der Waals surface area contributed by atoms with Gasteiger partial charge in [-0.1, -0.05) is 12.6 Å². The molecule has 2 aliphatic rings. The molecule has 2 fully saturated rings. The Hall–Kier alpha value is -0.565. The highest BCUT2D eigenvalue weighted by Gasteiger charge is 2.33. The van der Waals surface area contributed by atoms with Gasteiger partial charge in [0.25, 0.3) is 6.71 Å². The number of hydrogen-bond donors (Lipinski definition) is 0. The van der Waals surface area contributed by atoms with Gasteiger partial charge in [-0.15, -0.1) is 0 Å². The van der Waals surface area contributed by atoms with Crippen molar-refractivity contribution in [3.05, 3.63) is 0 Å². The first-order valence-corrected chi connectivity index (χ1v) is 6.42. The molecule has 0 N–H and O–H groups in total. The van der Waals surface area contributed by atoms with E-state index in [0.717, 1.165) is 25.5 Å². The quantitative estimate of drug-likeness (QED) is 0.703. The number of ether oxygens (including phenoxy) is 3. The maximum Gasteiger partial charge on any atom is 0.268 e. The first-order chi connectivity index (χ1) is 8.09. The third-order valence-corrected chi connectivity index (χ3v) is 3.44. The van der Waals surface area contributed by atoms with Crippen molar-refractivity contribution in [2.45, 2.75) is 57.3 Å². The van der Waals surface area contributed by atoms with Crippen molar-refractivity contribution in [2.24, 2.45) is 0 Å². The second-order valence-corrected chi connectivity index (χ2v) is 5.39. The molecular formula is C12H20BNO3. The lowest BCUT2D eigenvalue weighted by molar-refractivity contribution is -0.148. The Kier molecular flexibility index (Phi) is 4.08. The number of nitrogens with zero attached hydrogens (tertiary/aromatic N) is 1. The Balaban J connectivity index is 1.65. The summed E-state index contributed by atoms with van der Waals surface area (Å²) in [4.78, 5) is 0. The van der Waals surface area contributed by atoms with E-state index in [1.807, 2.05) is 13.8 Å². The van der Waals surface area contributed by atoms with Crippen molar-refractivity contribution < 1.29 is 14.2 Å². The van der Waals surface area contributed by atoms with Crippen LogP contribution in [0.4, 0.5) is 0 Å². The number of nitriles is 1. The molecule has 1 unspecified atom stereocenters. The number of rotatable bonds is 3. The molecule has 0 radical (unpaired) electrons. The lowest BCUT2D eigenvalue weighted by Gasteiger charge is -2.25. The topological polar surface area (TPSA) is 51.5 Å². The summed E-state index contributed by atoms with van der Waals surface area (Å²) in [6, 6.07) is 0. The van der Waals surface area contributed by atoms with E-state index in [1.165, 1.54) is 0 Å². The van der Waals surface area contributed by atoms with Crippen LogP contribution in [0.2, 0.25) is 12.6 Å². The smallest absolute Gasteiger partial charge is 0.268 e. The van der Waals surface area contributed by atoms with Gasteiger partial charge in [0.15, 0.2) is 5.79 Å². The van der Waals surface area contributed by atoms with Crippen LogP contribution in [-0.2, 0) is 14.2 Å². The van der Waals surface area contributed by atoms with Crippen molar-refractivity contribution in [1.82, 2.24) is 0 Å². The van der Waals surface area contributed by atoms with E-state index in [4.69, 9.17) is 19.5 Å². The van der Waals surface area contributed by atoms with E-state index in [1.54, 1.807) is 0 Å². The monoisotopic (exact) mass is 237 g/mol. The first kappa shape index (κ1) is 12.9. The van der Waals surface area contributed by atoms with Crippen molar-refractivity contribution in [1.29, 1.82) is 5.26 Å². The summed E-state index contributed by atoms with van der Waals surface area (Å²) >= 11 is 0. The second-order valence-electron chi connectivity index (χ2n) is 5.39. The first-order valence-electron chi connectivity index (χ1n) is 6.42. The Bertz CT molecular complexity index is 295. The Labute approximate surface area is 103 Å². The Morgan fingerprint density at radius 1 is 1.41 bits per heavy atom. The molecule has 2 rings (SSSR count). The van der Waals surface area contributed by atoms with Gasteiger partial charge in [-0.3, -0.25) is 0 Å². The van der Waals surface area contributed by atoms with Crippen LogP contribution in [0.25, 0.3) is 0 Å². The molecule has 0 aliphatic carbocycles. The lowest BCUT2D eigenvalue weighted by atomic mass is 9.42. The van der Waals surface area contributed by atoms with E-state index in [9.17, 15) is 0 Å². The Morgan fingerprint density at radius 3 is 2.65 bits per heavy atom. The molecule has 2 aliphatic heterocycles. The largest absolute Gasteiger partial charge is 0.375 e. The van der Waals surface area contributed by atoms with Gasteiger partial charge in [-0.25, -0.2) is 5.26 Å². The van der Waals surface area contributed by atoms with Gasteiger partial charge in [0, 0.05) is 5.97 Å². The van der Waals surface area contributed by atoms with Gasteiger partial charge >= 0.3 is 0 Å². The molecule has 0 saturated carbocycles. The van der Waals surface area contributed by atoms with E-state index in [2.05, 4.69) is 5.97 Å². The van der Waals surface area contributed by atoms with E-state index >= 15 is 0 Å². The van der Waals surface area contributed by atoms with Crippen LogP contribution in [0, 0.1) is 11.2 Å². The summed E-state index contributed by atoms with van der Waals surface area (Å²) in [5.74, 6) is 1.87. The molecule has 1 atom stereocenters. The van der Waals surface area contributed by atoms with Gasteiger partial charge in [0.1, 0.15) is 6.10 Å². The van der Waals surface area contributed by atoms with Crippen LogP contribution in [-0.4, -0.2) is 37.9 Å². The minimum Gasteiger partial charge on any atom is -0.375 e. The SMILES string of the molecule is CC1(C)OCC(COC2CCB(C#N)CC2)O1. The predicted octanol–water partition coefficient (Wildman–Crippen LogP) is 1.87. The van der Waals surface area contributed by atoms with Crippen molar-refractivity contribution in [3.63, 3.8) is 0 Å². The predicted molar refractivity (Wildman–Crippen MR) is 64.9 cm³/mol. The average molecular weight is 237 g/mol. The average Bonchev–Trinajstić information content (AvgIpc) is 2.67. The molecule has 0 aromatic rings. The molecule has 2 heterocycles. The third-order valence-electron chi connectivity index (χ3n) is 3.44. The van der Waals surface area contributed by atoms with Crippen LogP contribution < -0.4 is 0 Å². The summed E-state index contributed by atoms with van der Waals surface area (Å²) < 4.78 is 17.0. The van der Waals surface area contributed by atoms with Crippen molar-refractivity contribution in [3.8, 4) is 5.97 Å². The molecule has 0 aromatic carbocycles. The lowest BCUT2D eigenvalue weighted by Crippen LogP contribution is -2.30. The van der Waals surface area contributed by atoms with Gasteiger partial charge in [0.05, 0.1) is 19.3 Å². The van der Waals surface area contributed by atoms with E-state index in [-0.39, 0.29) is 12.8 Å². The van der Waals surface area contributed by atoms with Gasteiger partial charge < -0.3 is 14.2 Å². The van der Waals surface area contributed by atoms with Crippen LogP contribution in [0.3, 0.4) is 0 Å². The molecule has 0 amide bonds. The minimum atomic E-state index is -0.466. The van der Waals surface area contributed by atoms with Gasteiger partial charge in [-0.2, -0.15) is 0 Å². The van der Waals surface area contributed by atoms with Crippen LogP contribution in [0.5, 0.6) is 0 Å². The highest BCUT2D eigenvalue weighted by atomic mass is 16.7. The van der Waals surface area contributed by atoms with Gasteiger partial charge in [-0.05, 0) is 26.7 Å². The zero-order valence-corrected chi connectivity index (χ0v) is 10.6. The molecule has 0 bridgehead atoms. The van der Waals surface area contributed by atoms with Gasteiger partial charge in [0.2, 0.25) is 0 Å². The van der Waals surface area contributed by atoms with Crippen LogP contribution in [0.15, 0.2) is 0 Å². The molecule has 4 nitrogen and oxygen atoms in total. The molecule has 0 spiro atoms. The Morgan fingerprint density at radius 2 is 2.12 bits per heavy atom. The fraction of sp³-hybridized carbons (Fsp3) is 0.917. The molecule has 2 saturated heterocycles. The summed E-state index contributed by atoms with van der Waals surface area (Å²) in [6.07, 6.45) is 4.28. The fourth-order valence-electron chi connectivity index (χ4n) is 2.45.